The van der Waals surface area contributed by atoms with E-state index < -0.39 is 0 Å². The summed E-state index contributed by atoms with van der Waals surface area (Å²) >= 11 is 0. The number of aliphatic hydroxyl groups excluding tert-OH is 1. The minimum absolute atomic E-state index is 0.135. The molecule has 0 saturated heterocycles. The van der Waals surface area contributed by atoms with Gasteiger partial charge in [0.05, 0.1) is 6.10 Å². The second kappa shape index (κ2) is 9.90. The highest BCUT2D eigenvalue weighted by molar-refractivity contribution is 5.22. The molecule has 0 aromatic rings. The van der Waals surface area contributed by atoms with Crippen molar-refractivity contribution in [1.82, 2.24) is 4.90 Å². The molecule has 3 aliphatic rings. The van der Waals surface area contributed by atoms with E-state index >= 15 is 0 Å². The molecular formula is C24H39NO. The third-order valence-corrected chi connectivity index (χ3v) is 6.71. The van der Waals surface area contributed by atoms with E-state index in [4.69, 9.17) is 0 Å². The Bertz CT molecular complexity index is 522. The summed E-state index contributed by atoms with van der Waals surface area (Å²) in [7, 11) is 4.31. The fourth-order valence-electron chi connectivity index (χ4n) is 5.24. The van der Waals surface area contributed by atoms with Gasteiger partial charge >= 0.3 is 0 Å². The molecule has 3 aliphatic carbocycles. The molecule has 0 amide bonds. The largest absolute Gasteiger partial charge is 0.392 e. The van der Waals surface area contributed by atoms with Gasteiger partial charge in [-0.15, -0.1) is 0 Å². The van der Waals surface area contributed by atoms with Gasteiger partial charge in [0.15, 0.2) is 0 Å². The molecule has 2 nitrogen and oxygen atoms in total. The summed E-state index contributed by atoms with van der Waals surface area (Å²) in [4.78, 5) is 2.28. The number of allylic oxidation sites excluding steroid dienone is 5. The monoisotopic (exact) mass is 357 g/mol. The van der Waals surface area contributed by atoms with Crippen LogP contribution in [0.25, 0.3) is 0 Å². The van der Waals surface area contributed by atoms with E-state index in [0.717, 1.165) is 6.42 Å². The molecule has 4 atom stereocenters. The zero-order chi connectivity index (χ0) is 18.4. The molecule has 2 heteroatoms. The zero-order valence-corrected chi connectivity index (χ0v) is 17.0. The lowest BCUT2D eigenvalue weighted by molar-refractivity contribution is 0.141. The number of rotatable bonds is 8. The van der Waals surface area contributed by atoms with Crippen LogP contribution in [0.3, 0.4) is 0 Å². The maximum atomic E-state index is 10.5. The smallest absolute Gasteiger partial charge is 0.0611 e. The van der Waals surface area contributed by atoms with E-state index in [2.05, 4.69) is 43.3 Å². The fraction of sp³-hybridized carbons (Fsp3) is 0.750. The summed E-state index contributed by atoms with van der Waals surface area (Å²) in [5.74, 6) is 1.64. The van der Waals surface area contributed by atoms with E-state index in [1.165, 1.54) is 70.8 Å². The SMILES string of the molecule is CN(C)CCCCCC1=C[C@H]2C[C@@H](O)[C@H](/C=C/C=C3CCCCC3)[C@H]2C1. The molecule has 0 spiro atoms. The summed E-state index contributed by atoms with van der Waals surface area (Å²) in [5, 5.41) is 10.5. The fourth-order valence-corrected chi connectivity index (χ4v) is 5.24. The predicted octanol–water partition coefficient (Wildman–Crippen LogP) is 5.50. The van der Waals surface area contributed by atoms with Gasteiger partial charge in [-0.05, 0) is 90.3 Å². The van der Waals surface area contributed by atoms with Crippen LogP contribution in [0.4, 0.5) is 0 Å². The maximum Gasteiger partial charge on any atom is 0.0611 e. The number of nitrogens with zero attached hydrogens (tertiary/aromatic N) is 1. The average Bonchev–Trinajstić information content (AvgIpc) is 3.13. The van der Waals surface area contributed by atoms with Gasteiger partial charge in [-0.3, -0.25) is 0 Å². The first-order valence-electron chi connectivity index (χ1n) is 11.0. The summed E-state index contributed by atoms with van der Waals surface area (Å²) in [6, 6.07) is 0. The quantitative estimate of drug-likeness (QED) is 0.458. The molecule has 0 radical (unpaired) electrons. The number of fused-ring (bicyclic) bond motifs is 1. The Morgan fingerprint density at radius 2 is 1.92 bits per heavy atom. The van der Waals surface area contributed by atoms with E-state index in [0.29, 0.717) is 17.8 Å². The second-order valence-corrected chi connectivity index (χ2v) is 9.12. The molecule has 26 heavy (non-hydrogen) atoms. The number of hydrogen-bond acceptors (Lipinski definition) is 2. The van der Waals surface area contributed by atoms with Crippen molar-refractivity contribution in [3.63, 3.8) is 0 Å². The first kappa shape index (κ1) is 19.9. The van der Waals surface area contributed by atoms with Crippen LogP contribution in [0.2, 0.25) is 0 Å². The van der Waals surface area contributed by atoms with Gasteiger partial charge in [0.1, 0.15) is 0 Å². The minimum atomic E-state index is -0.135. The molecule has 1 N–H and O–H groups in total. The minimum Gasteiger partial charge on any atom is -0.392 e. The highest BCUT2D eigenvalue weighted by Gasteiger charge is 2.42. The van der Waals surface area contributed by atoms with Crippen molar-refractivity contribution in [3.05, 3.63) is 35.5 Å². The van der Waals surface area contributed by atoms with Crippen LogP contribution < -0.4 is 0 Å². The van der Waals surface area contributed by atoms with Crippen LogP contribution in [0.1, 0.15) is 70.6 Å². The molecule has 2 saturated carbocycles. The Labute approximate surface area is 161 Å². The van der Waals surface area contributed by atoms with Crippen LogP contribution in [0, 0.1) is 17.8 Å². The first-order valence-corrected chi connectivity index (χ1v) is 11.0. The molecule has 0 aromatic carbocycles. The molecule has 2 fully saturated rings. The molecule has 3 rings (SSSR count). The van der Waals surface area contributed by atoms with E-state index in [1.54, 1.807) is 11.1 Å². The summed E-state index contributed by atoms with van der Waals surface area (Å²) < 4.78 is 0. The molecule has 0 bridgehead atoms. The summed E-state index contributed by atoms with van der Waals surface area (Å²) in [6.45, 7) is 1.21. The van der Waals surface area contributed by atoms with Gasteiger partial charge in [-0.25, -0.2) is 0 Å². The van der Waals surface area contributed by atoms with Crippen molar-refractivity contribution >= 4 is 0 Å². The third kappa shape index (κ3) is 5.57. The maximum absolute atomic E-state index is 10.5. The van der Waals surface area contributed by atoms with Crippen molar-refractivity contribution in [1.29, 1.82) is 0 Å². The molecule has 146 valence electrons. The lowest BCUT2D eigenvalue weighted by Gasteiger charge is -2.18. The Hall–Kier alpha value is -0.860. The Morgan fingerprint density at radius 1 is 1.12 bits per heavy atom. The van der Waals surface area contributed by atoms with Gasteiger partial charge in [0, 0.05) is 5.92 Å². The van der Waals surface area contributed by atoms with Crippen LogP contribution in [-0.4, -0.2) is 36.8 Å². The Kier molecular flexibility index (Phi) is 7.57. The standard InChI is InChI=1S/C24H39NO/c1-25(2)15-8-4-7-12-20-16-21-18-24(26)22(23(21)17-20)14-9-13-19-10-5-3-6-11-19/h9,13-14,16,21-24,26H,3-8,10-12,15,17-18H2,1-2H3/b14-9+/t21-,22+,23-,24+/m0/s1. The average molecular weight is 358 g/mol. The molecule has 0 aliphatic heterocycles. The number of aliphatic hydroxyl groups is 1. The van der Waals surface area contributed by atoms with E-state index in [1.807, 2.05) is 0 Å². The van der Waals surface area contributed by atoms with Crippen molar-refractivity contribution in [2.45, 2.75) is 76.7 Å². The summed E-state index contributed by atoms with van der Waals surface area (Å²) in [5.41, 5.74) is 3.28. The number of unbranched alkanes of at least 4 members (excludes halogenated alkanes) is 2. The lowest BCUT2D eigenvalue weighted by Crippen LogP contribution is -2.17. The van der Waals surface area contributed by atoms with Crippen LogP contribution in [-0.2, 0) is 0 Å². The molecule has 0 aromatic heterocycles. The van der Waals surface area contributed by atoms with Crippen molar-refractivity contribution < 1.29 is 5.11 Å². The molecule has 0 unspecified atom stereocenters. The van der Waals surface area contributed by atoms with Crippen LogP contribution in [0.15, 0.2) is 35.5 Å². The van der Waals surface area contributed by atoms with Gasteiger partial charge in [-0.2, -0.15) is 0 Å². The second-order valence-electron chi connectivity index (χ2n) is 9.12. The van der Waals surface area contributed by atoms with Gasteiger partial charge in [0.2, 0.25) is 0 Å². The highest BCUT2D eigenvalue weighted by atomic mass is 16.3. The van der Waals surface area contributed by atoms with Gasteiger partial charge in [-0.1, -0.05) is 48.3 Å². The molecular weight excluding hydrogens is 318 g/mol. The van der Waals surface area contributed by atoms with Crippen LogP contribution in [0.5, 0.6) is 0 Å². The Morgan fingerprint density at radius 3 is 2.69 bits per heavy atom. The number of hydrogen-bond donors (Lipinski definition) is 1. The topological polar surface area (TPSA) is 23.5 Å². The predicted molar refractivity (Wildman–Crippen MR) is 111 cm³/mol. The highest BCUT2D eigenvalue weighted by Crippen LogP contribution is 2.48. The van der Waals surface area contributed by atoms with Gasteiger partial charge in [0.25, 0.3) is 0 Å². The van der Waals surface area contributed by atoms with E-state index in [9.17, 15) is 5.11 Å². The van der Waals surface area contributed by atoms with E-state index in [-0.39, 0.29) is 6.10 Å². The Balaban J connectivity index is 1.45. The molecule has 0 heterocycles. The third-order valence-electron chi connectivity index (χ3n) is 6.71. The van der Waals surface area contributed by atoms with Gasteiger partial charge < -0.3 is 10.0 Å². The van der Waals surface area contributed by atoms with Crippen molar-refractivity contribution in [2.24, 2.45) is 17.8 Å². The first-order chi connectivity index (χ1) is 12.6. The summed E-state index contributed by atoms with van der Waals surface area (Å²) in [6.07, 6.45) is 23.4. The lowest BCUT2D eigenvalue weighted by atomic mass is 9.88. The zero-order valence-electron chi connectivity index (χ0n) is 17.0. The van der Waals surface area contributed by atoms with Crippen molar-refractivity contribution in [2.75, 3.05) is 20.6 Å². The normalized spacial score (nSPS) is 31.7. The van der Waals surface area contributed by atoms with Crippen molar-refractivity contribution in [3.8, 4) is 0 Å². The van der Waals surface area contributed by atoms with Crippen LogP contribution >= 0.6 is 0 Å².